The Balaban J connectivity index is 2.05. The Kier molecular flexibility index (Phi) is 3.15. The highest BCUT2D eigenvalue weighted by atomic mass is 16.4. The normalized spacial score (nSPS) is 16.2. The lowest BCUT2D eigenvalue weighted by atomic mass is 10.2. The van der Waals surface area contributed by atoms with Crippen molar-refractivity contribution in [3.63, 3.8) is 0 Å². The number of nitrogens with zero attached hydrogens (tertiary/aromatic N) is 3. The van der Waals surface area contributed by atoms with Crippen LogP contribution in [0.4, 0.5) is 10.5 Å². The maximum atomic E-state index is 11.0. The lowest BCUT2D eigenvalue weighted by Crippen LogP contribution is -2.45. The molecule has 1 amide bonds. The first-order valence-corrected chi connectivity index (χ1v) is 6.05. The Morgan fingerprint density at radius 3 is 2.56 bits per heavy atom. The molecule has 98 valence electrons. The van der Waals surface area contributed by atoms with Crippen molar-refractivity contribution in [3.8, 4) is 0 Å². The highest BCUT2D eigenvalue weighted by Crippen LogP contribution is 2.42. The lowest BCUT2D eigenvalue weighted by Gasteiger charge is -2.31. The average molecular weight is 249 g/mol. The highest BCUT2D eigenvalue weighted by molar-refractivity contribution is 5.66. The summed E-state index contributed by atoms with van der Waals surface area (Å²) in [6.07, 6.45) is 2.83. The molecule has 1 aromatic heterocycles. The zero-order valence-electron chi connectivity index (χ0n) is 11.1. The third kappa shape index (κ3) is 2.39. The van der Waals surface area contributed by atoms with Gasteiger partial charge in [0.15, 0.2) is 0 Å². The molecule has 2 rings (SSSR count). The van der Waals surface area contributed by atoms with Gasteiger partial charge in [-0.05, 0) is 31.9 Å². The Morgan fingerprint density at radius 2 is 2.11 bits per heavy atom. The summed E-state index contributed by atoms with van der Waals surface area (Å²) in [4.78, 5) is 18.8. The first-order valence-electron chi connectivity index (χ1n) is 6.05. The van der Waals surface area contributed by atoms with E-state index in [1.807, 2.05) is 32.3 Å². The molecule has 1 heterocycles. The second kappa shape index (κ2) is 4.48. The van der Waals surface area contributed by atoms with Gasteiger partial charge in [0.1, 0.15) is 0 Å². The molecule has 1 aliphatic rings. The van der Waals surface area contributed by atoms with Gasteiger partial charge in [0.2, 0.25) is 0 Å². The molecular formula is C13H19N3O2. The smallest absolute Gasteiger partial charge is 0.407 e. The van der Waals surface area contributed by atoms with Crippen LogP contribution in [0.15, 0.2) is 18.3 Å². The monoisotopic (exact) mass is 249 g/mol. The zero-order valence-corrected chi connectivity index (χ0v) is 11.1. The van der Waals surface area contributed by atoms with Gasteiger partial charge in [-0.3, -0.25) is 4.98 Å². The highest BCUT2D eigenvalue weighted by Gasteiger charge is 2.49. The standard InChI is InChI=1S/C13H19N3O2/c1-10-4-5-11(8-14-10)15(2)9-13(6-7-13)16(3)12(17)18/h4-5,8H,6-7,9H2,1-3H3,(H,17,18). The first kappa shape index (κ1) is 12.7. The molecule has 0 aliphatic heterocycles. The molecule has 0 bridgehead atoms. The van der Waals surface area contributed by atoms with Gasteiger partial charge in [-0.15, -0.1) is 0 Å². The van der Waals surface area contributed by atoms with Crippen LogP contribution in [-0.4, -0.2) is 47.3 Å². The van der Waals surface area contributed by atoms with Crippen LogP contribution in [-0.2, 0) is 0 Å². The molecule has 1 saturated carbocycles. The fourth-order valence-electron chi connectivity index (χ4n) is 2.17. The quantitative estimate of drug-likeness (QED) is 0.886. The van der Waals surface area contributed by atoms with E-state index in [9.17, 15) is 4.79 Å². The van der Waals surface area contributed by atoms with Gasteiger partial charge in [0.25, 0.3) is 0 Å². The van der Waals surface area contributed by atoms with Crippen molar-refractivity contribution in [2.75, 3.05) is 25.5 Å². The Morgan fingerprint density at radius 1 is 1.44 bits per heavy atom. The molecule has 1 N–H and O–H groups in total. The molecule has 1 aromatic rings. The molecule has 5 heteroatoms. The minimum Gasteiger partial charge on any atom is -0.465 e. The Bertz CT molecular complexity index is 440. The third-order valence-electron chi connectivity index (χ3n) is 3.69. The van der Waals surface area contributed by atoms with Crippen LogP contribution in [0.1, 0.15) is 18.5 Å². The second-order valence-electron chi connectivity index (χ2n) is 5.08. The SMILES string of the molecule is Cc1ccc(N(C)CC2(N(C)C(=O)O)CC2)cn1. The number of pyridine rings is 1. The number of amides is 1. The van der Waals surface area contributed by atoms with Gasteiger partial charge in [0, 0.05) is 26.3 Å². The van der Waals surface area contributed by atoms with Gasteiger partial charge < -0.3 is 14.9 Å². The van der Waals surface area contributed by atoms with Gasteiger partial charge in [0.05, 0.1) is 17.4 Å². The summed E-state index contributed by atoms with van der Waals surface area (Å²) in [5, 5.41) is 9.07. The van der Waals surface area contributed by atoms with Crippen molar-refractivity contribution in [2.24, 2.45) is 0 Å². The van der Waals surface area contributed by atoms with Crippen LogP contribution >= 0.6 is 0 Å². The van der Waals surface area contributed by atoms with E-state index in [4.69, 9.17) is 5.11 Å². The Labute approximate surface area is 107 Å². The summed E-state index contributed by atoms with van der Waals surface area (Å²) in [6.45, 7) is 2.66. The predicted molar refractivity (Wildman–Crippen MR) is 70.0 cm³/mol. The summed E-state index contributed by atoms with van der Waals surface area (Å²) < 4.78 is 0. The number of hydrogen-bond donors (Lipinski definition) is 1. The number of aromatic nitrogens is 1. The molecule has 0 aromatic carbocycles. The first-order chi connectivity index (χ1) is 8.44. The van der Waals surface area contributed by atoms with E-state index >= 15 is 0 Å². The Hall–Kier alpha value is -1.78. The van der Waals surface area contributed by atoms with Crippen molar-refractivity contribution in [2.45, 2.75) is 25.3 Å². The van der Waals surface area contributed by atoms with Gasteiger partial charge in [-0.25, -0.2) is 4.79 Å². The van der Waals surface area contributed by atoms with Crippen LogP contribution in [0.2, 0.25) is 0 Å². The minimum atomic E-state index is -0.858. The molecule has 1 aliphatic carbocycles. The fourth-order valence-corrected chi connectivity index (χ4v) is 2.17. The van der Waals surface area contributed by atoms with E-state index in [1.54, 1.807) is 7.05 Å². The van der Waals surface area contributed by atoms with Crippen LogP contribution < -0.4 is 4.90 Å². The van der Waals surface area contributed by atoms with E-state index in [0.29, 0.717) is 6.54 Å². The number of carbonyl (C=O) groups is 1. The molecule has 5 nitrogen and oxygen atoms in total. The molecule has 18 heavy (non-hydrogen) atoms. The van der Waals surface area contributed by atoms with Gasteiger partial charge >= 0.3 is 6.09 Å². The third-order valence-corrected chi connectivity index (χ3v) is 3.69. The van der Waals surface area contributed by atoms with E-state index in [-0.39, 0.29) is 5.54 Å². The predicted octanol–water partition coefficient (Wildman–Crippen LogP) is 1.97. The fraction of sp³-hybridized carbons (Fsp3) is 0.538. The average Bonchev–Trinajstić information content (AvgIpc) is 3.09. The summed E-state index contributed by atoms with van der Waals surface area (Å²) in [5.74, 6) is 0. The maximum absolute atomic E-state index is 11.0. The van der Waals surface area contributed by atoms with Crippen LogP contribution in [0.25, 0.3) is 0 Å². The minimum absolute atomic E-state index is 0.217. The summed E-state index contributed by atoms with van der Waals surface area (Å²) in [5.41, 5.74) is 1.78. The van der Waals surface area contributed by atoms with Crippen molar-refractivity contribution < 1.29 is 9.90 Å². The molecule has 0 radical (unpaired) electrons. The van der Waals surface area contributed by atoms with Crippen molar-refractivity contribution in [1.82, 2.24) is 9.88 Å². The number of hydrogen-bond acceptors (Lipinski definition) is 3. The van der Waals surface area contributed by atoms with E-state index < -0.39 is 6.09 Å². The molecular weight excluding hydrogens is 230 g/mol. The zero-order chi connectivity index (χ0) is 13.3. The maximum Gasteiger partial charge on any atom is 0.407 e. The van der Waals surface area contributed by atoms with Crippen molar-refractivity contribution in [3.05, 3.63) is 24.0 Å². The van der Waals surface area contributed by atoms with Crippen LogP contribution in [0.3, 0.4) is 0 Å². The van der Waals surface area contributed by atoms with E-state index in [2.05, 4.69) is 9.88 Å². The van der Waals surface area contributed by atoms with Crippen molar-refractivity contribution in [1.29, 1.82) is 0 Å². The summed E-state index contributed by atoms with van der Waals surface area (Å²) in [6, 6.07) is 3.98. The van der Waals surface area contributed by atoms with Gasteiger partial charge in [-0.2, -0.15) is 0 Å². The van der Waals surface area contributed by atoms with Gasteiger partial charge in [-0.1, -0.05) is 0 Å². The molecule has 0 unspecified atom stereocenters. The number of carboxylic acid groups (broad SMARTS) is 1. The van der Waals surface area contributed by atoms with Crippen LogP contribution in [0, 0.1) is 6.92 Å². The number of anilines is 1. The van der Waals surface area contributed by atoms with E-state index in [0.717, 1.165) is 24.2 Å². The van der Waals surface area contributed by atoms with Crippen molar-refractivity contribution >= 4 is 11.8 Å². The molecule has 0 spiro atoms. The number of rotatable bonds is 4. The van der Waals surface area contributed by atoms with E-state index in [1.165, 1.54) is 4.90 Å². The summed E-state index contributed by atoms with van der Waals surface area (Å²) in [7, 11) is 3.62. The molecule has 1 fully saturated rings. The summed E-state index contributed by atoms with van der Waals surface area (Å²) >= 11 is 0. The number of aryl methyl sites for hydroxylation is 1. The number of likely N-dealkylation sites (N-methyl/N-ethyl adjacent to an activating group) is 2. The second-order valence-corrected chi connectivity index (χ2v) is 5.08. The topological polar surface area (TPSA) is 56.7 Å². The van der Waals surface area contributed by atoms with Crippen LogP contribution in [0.5, 0.6) is 0 Å². The lowest BCUT2D eigenvalue weighted by molar-refractivity contribution is 0.133. The molecule has 0 saturated heterocycles. The largest absolute Gasteiger partial charge is 0.465 e. The molecule has 0 atom stereocenters.